The summed E-state index contributed by atoms with van der Waals surface area (Å²) in [5.74, 6) is -1.49. The first-order valence-corrected chi connectivity index (χ1v) is 10.2. The van der Waals surface area contributed by atoms with Gasteiger partial charge in [0.15, 0.2) is 9.84 Å². The summed E-state index contributed by atoms with van der Waals surface area (Å²) in [7, 11) is -3.54. The summed E-state index contributed by atoms with van der Waals surface area (Å²) >= 11 is 0.0414. The molecule has 0 aliphatic rings. The largest absolute Gasteiger partial charge is 0.408 e. The minimum Gasteiger partial charge on any atom is -0.266 e. The number of hydrogen-bond donors (Lipinski definition) is 0. The van der Waals surface area contributed by atoms with Crippen LogP contribution in [0.25, 0.3) is 11.1 Å². The lowest BCUT2D eigenvalue weighted by Gasteiger charge is -2.14. The highest BCUT2D eigenvalue weighted by atomic mass is 32.2. The van der Waals surface area contributed by atoms with Gasteiger partial charge in [0, 0.05) is 11.8 Å². The van der Waals surface area contributed by atoms with Crippen molar-refractivity contribution in [1.82, 2.24) is 9.78 Å². The molecule has 28 heavy (non-hydrogen) atoms. The molecule has 2 rings (SSSR count). The third-order valence-electron chi connectivity index (χ3n) is 3.30. The van der Waals surface area contributed by atoms with Crippen molar-refractivity contribution in [3.8, 4) is 11.1 Å². The zero-order valence-corrected chi connectivity index (χ0v) is 15.6. The van der Waals surface area contributed by atoms with Crippen LogP contribution in [0.5, 0.6) is 0 Å². The lowest BCUT2D eigenvalue weighted by Crippen LogP contribution is -2.31. The first kappa shape index (κ1) is 22.3. The van der Waals surface area contributed by atoms with Crippen molar-refractivity contribution in [3.63, 3.8) is 0 Å². The SMILES string of the molecule is CS(=O)(=O)c1ccc(-c2cnn(CC(F)(F)F)c(=O)c2SCC(F)(F)F)cc1. The molecule has 0 saturated heterocycles. The van der Waals surface area contributed by atoms with Crippen molar-refractivity contribution in [2.24, 2.45) is 0 Å². The molecular weight excluding hydrogens is 434 g/mol. The third kappa shape index (κ3) is 5.99. The molecule has 154 valence electrons. The minimum absolute atomic E-state index is 0.0348. The maximum absolute atomic E-state index is 12.6. The number of aromatic nitrogens is 2. The molecule has 0 atom stereocenters. The van der Waals surface area contributed by atoms with Crippen molar-refractivity contribution in [2.75, 3.05) is 12.0 Å². The normalized spacial score (nSPS) is 13.0. The zero-order valence-electron chi connectivity index (χ0n) is 14.0. The van der Waals surface area contributed by atoms with Gasteiger partial charge in [-0.3, -0.25) is 4.79 Å². The molecule has 1 heterocycles. The van der Waals surface area contributed by atoms with E-state index in [1.807, 2.05) is 0 Å². The van der Waals surface area contributed by atoms with Crippen molar-refractivity contribution in [3.05, 3.63) is 40.8 Å². The molecule has 0 spiro atoms. The molecule has 0 saturated carbocycles. The Morgan fingerprint density at radius 3 is 2.07 bits per heavy atom. The molecule has 0 radical (unpaired) electrons. The highest BCUT2D eigenvalue weighted by molar-refractivity contribution is 7.99. The third-order valence-corrected chi connectivity index (χ3v) is 5.59. The van der Waals surface area contributed by atoms with Crippen molar-refractivity contribution < 1.29 is 34.8 Å². The Balaban J connectivity index is 2.56. The second-order valence-electron chi connectivity index (χ2n) is 5.67. The Morgan fingerprint density at radius 2 is 1.61 bits per heavy atom. The van der Waals surface area contributed by atoms with Crippen LogP contribution in [0.15, 0.2) is 45.0 Å². The van der Waals surface area contributed by atoms with Crippen LogP contribution in [-0.4, -0.2) is 42.6 Å². The van der Waals surface area contributed by atoms with E-state index < -0.39 is 44.9 Å². The number of alkyl halides is 6. The van der Waals surface area contributed by atoms with Gasteiger partial charge in [0.2, 0.25) is 0 Å². The van der Waals surface area contributed by atoms with Crippen LogP contribution in [0, 0.1) is 0 Å². The van der Waals surface area contributed by atoms with Crippen LogP contribution in [0.3, 0.4) is 0 Å². The van der Waals surface area contributed by atoms with Gasteiger partial charge in [0.1, 0.15) is 6.54 Å². The van der Waals surface area contributed by atoms with Crippen LogP contribution in [-0.2, 0) is 16.4 Å². The van der Waals surface area contributed by atoms with E-state index in [9.17, 15) is 39.6 Å². The molecular formula is C15H12F6N2O3S2. The molecule has 5 nitrogen and oxygen atoms in total. The summed E-state index contributed by atoms with van der Waals surface area (Å²) in [4.78, 5) is 11.7. The van der Waals surface area contributed by atoms with Crippen molar-refractivity contribution in [1.29, 1.82) is 0 Å². The van der Waals surface area contributed by atoms with Gasteiger partial charge >= 0.3 is 12.4 Å². The van der Waals surface area contributed by atoms with Gasteiger partial charge in [-0.25, -0.2) is 13.1 Å². The summed E-state index contributed by atoms with van der Waals surface area (Å²) in [5, 5.41) is 3.39. The van der Waals surface area contributed by atoms with Crippen LogP contribution in [0.1, 0.15) is 0 Å². The fraction of sp³-hybridized carbons (Fsp3) is 0.333. The van der Waals surface area contributed by atoms with E-state index in [1.54, 1.807) is 0 Å². The average Bonchev–Trinajstić information content (AvgIpc) is 2.53. The molecule has 13 heteroatoms. The smallest absolute Gasteiger partial charge is 0.266 e. The summed E-state index contributed by atoms with van der Waals surface area (Å²) < 4.78 is 98.4. The number of nitrogens with zero attached hydrogens (tertiary/aromatic N) is 2. The Morgan fingerprint density at radius 1 is 1.04 bits per heavy atom. The summed E-state index contributed by atoms with van der Waals surface area (Å²) in [5.41, 5.74) is -1.31. The highest BCUT2D eigenvalue weighted by Crippen LogP contribution is 2.33. The maximum Gasteiger partial charge on any atom is 0.408 e. The van der Waals surface area contributed by atoms with E-state index in [1.165, 1.54) is 24.3 Å². The first-order valence-electron chi connectivity index (χ1n) is 7.34. The second-order valence-corrected chi connectivity index (χ2v) is 8.67. The highest BCUT2D eigenvalue weighted by Gasteiger charge is 2.32. The van der Waals surface area contributed by atoms with E-state index in [0.717, 1.165) is 12.5 Å². The summed E-state index contributed by atoms with van der Waals surface area (Å²) in [6.45, 7) is -1.75. The lowest BCUT2D eigenvalue weighted by molar-refractivity contribution is -0.143. The molecule has 0 N–H and O–H groups in total. The molecule has 0 fully saturated rings. The maximum atomic E-state index is 12.6. The van der Waals surface area contributed by atoms with Gasteiger partial charge in [-0.05, 0) is 17.7 Å². The quantitative estimate of drug-likeness (QED) is 0.519. The van der Waals surface area contributed by atoms with Crippen LogP contribution >= 0.6 is 11.8 Å². The number of sulfone groups is 1. The monoisotopic (exact) mass is 446 g/mol. The van der Waals surface area contributed by atoms with Crippen LogP contribution < -0.4 is 5.56 Å². The minimum atomic E-state index is -4.79. The number of hydrogen-bond acceptors (Lipinski definition) is 5. The van der Waals surface area contributed by atoms with Gasteiger partial charge in [-0.2, -0.15) is 31.4 Å². The zero-order chi connectivity index (χ0) is 21.3. The first-order chi connectivity index (χ1) is 12.7. The number of benzene rings is 1. The average molecular weight is 446 g/mol. The Bertz CT molecular complexity index is 1010. The molecule has 0 aliphatic carbocycles. The van der Waals surface area contributed by atoms with Gasteiger partial charge in [0.05, 0.1) is 21.7 Å². The molecule has 2 aromatic rings. The predicted molar refractivity (Wildman–Crippen MR) is 89.9 cm³/mol. The molecule has 0 bridgehead atoms. The molecule has 0 unspecified atom stereocenters. The Kier molecular flexibility index (Phi) is 6.19. The molecule has 0 aliphatic heterocycles. The standard InChI is InChI=1S/C15H12F6N2O3S2/c1-28(25,26)10-4-2-9(3-5-10)11-6-22-23(7-14(16,17)18)13(24)12(11)27-8-15(19,20)21/h2-6H,7-8H2,1H3. The lowest BCUT2D eigenvalue weighted by atomic mass is 10.1. The second kappa shape index (κ2) is 7.78. The van der Waals surface area contributed by atoms with E-state index >= 15 is 0 Å². The van der Waals surface area contributed by atoms with Crippen LogP contribution in [0.4, 0.5) is 26.3 Å². The van der Waals surface area contributed by atoms with E-state index in [0.29, 0.717) is 0 Å². The molecule has 0 amide bonds. The predicted octanol–water partition coefficient (Wildman–Crippen LogP) is 3.53. The van der Waals surface area contributed by atoms with Crippen molar-refractivity contribution >= 4 is 21.6 Å². The van der Waals surface area contributed by atoms with Gasteiger partial charge in [0.25, 0.3) is 5.56 Å². The Hall–Kier alpha value is -2.02. The van der Waals surface area contributed by atoms with Crippen molar-refractivity contribution in [2.45, 2.75) is 28.7 Å². The van der Waals surface area contributed by atoms with Crippen LogP contribution in [0.2, 0.25) is 0 Å². The number of thioether (sulfide) groups is 1. The van der Waals surface area contributed by atoms with Gasteiger partial charge in [-0.15, -0.1) is 11.8 Å². The van der Waals surface area contributed by atoms with E-state index in [4.69, 9.17) is 0 Å². The number of rotatable bonds is 5. The summed E-state index contributed by atoms with van der Waals surface area (Å²) in [6, 6.07) is 4.81. The topological polar surface area (TPSA) is 69.0 Å². The number of halogens is 6. The van der Waals surface area contributed by atoms with E-state index in [-0.39, 0.29) is 32.5 Å². The summed E-state index contributed by atoms with van der Waals surface area (Å²) in [6.07, 6.45) is -7.65. The Labute approximate surface area is 159 Å². The molecule has 1 aromatic carbocycles. The van der Waals surface area contributed by atoms with Gasteiger partial charge in [-0.1, -0.05) is 12.1 Å². The van der Waals surface area contributed by atoms with Gasteiger partial charge < -0.3 is 0 Å². The molecule has 1 aromatic heterocycles. The fourth-order valence-corrected chi connectivity index (χ4v) is 3.63. The fourth-order valence-electron chi connectivity index (χ4n) is 2.13. The van der Waals surface area contributed by atoms with E-state index in [2.05, 4.69) is 5.10 Å².